The molecule has 0 atom stereocenters. The first kappa shape index (κ1) is 13.6. The molecule has 1 fully saturated rings. The SMILES string of the molecule is CCOC1CC(CC(=O)c2c(Cl)cnn2CC)C1. The number of carbonyl (C=O) groups excluding carboxylic acids is 1. The smallest absolute Gasteiger partial charge is 0.182 e. The number of aryl methyl sites for hydroxylation is 1. The Balaban J connectivity index is 1.91. The highest BCUT2D eigenvalue weighted by Gasteiger charge is 2.32. The van der Waals surface area contributed by atoms with Gasteiger partial charge in [-0.05, 0) is 32.6 Å². The molecule has 4 nitrogen and oxygen atoms in total. The minimum absolute atomic E-state index is 0.0966. The van der Waals surface area contributed by atoms with Gasteiger partial charge in [0.1, 0.15) is 5.69 Å². The second kappa shape index (κ2) is 5.85. The van der Waals surface area contributed by atoms with Crippen LogP contribution in [0, 0.1) is 5.92 Å². The molecule has 0 aromatic carbocycles. The minimum Gasteiger partial charge on any atom is -0.378 e. The molecule has 0 unspecified atom stereocenters. The van der Waals surface area contributed by atoms with Crippen molar-refractivity contribution in [1.82, 2.24) is 9.78 Å². The largest absolute Gasteiger partial charge is 0.378 e. The molecule has 2 rings (SSSR count). The molecule has 0 spiro atoms. The molecule has 1 heterocycles. The highest BCUT2D eigenvalue weighted by atomic mass is 35.5. The summed E-state index contributed by atoms with van der Waals surface area (Å²) in [4.78, 5) is 12.2. The molecule has 1 aromatic heterocycles. The van der Waals surface area contributed by atoms with Crippen LogP contribution in [0.4, 0.5) is 0 Å². The van der Waals surface area contributed by atoms with Crippen molar-refractivity contribution < 1.29 is 9.53 Å². The lowest BCUT2D eigenvalue weighted by Gasteiger charge is -2.34. The first-order valence-corrected chi connectivity index (χ1v) is 6.89. The quantitative estimate of drug-likeness (QED) is 0.747. The van der Waals surface area contributed by atoms with E-state index in [4.69, 9.17) is 16.3 Å². The molecule has 0 N–H and O–H groups in total. The fraction of sp³-hybridized carbons (Fsp3) is 0.692. The van der Waals surface area contributed by atoms with Crippen LogP contribution in [0.5, 0.6) is 0 Å². The van der Waals surface area contributed by atoms with E-state index in [2.05, 4.69) is 5.10 Å². The van der Waals surface area contributed by atoms with Crippen LogP contribution in [0.1, 0.15) is 43.6 Å². The number of halogens is 1. The van der Waals surface area contributed by atoms with E-state index in [9.17, 15) is 4.79 Å². The number of aromatic nitrogens is 2. The maximum Gasteiger partial charge on any atom is 0.182 e. The van der Waals surface area contributed by atoms with Gasteiger partial charge in [-0.25, -0.2) is 0 Å². The Bertz CT molecular complexity index is 425. The highest BCUT2D eigenvalue weighted by molar-refractivity contribution is 6.33. The summed E-state index contributed by atoms with van der Waals surface area (Å²) in [6.07, 6.45) is 4.41. The van der Waals surface area contributed by atoms with Crippen molar-refractivity contribution in [1.29, 1.82) is 0 Å². The molecule has 18 heavy (non-hydrogen) atoms. The van der Waals surface area contributed by atoms with Crippen LogP contribution in [-0.4, -0.2) is 28.3 Å². The number of ether oxygens (including phenoxy) is 1. The molecule has 1 saturated carbocycles. The second-order valence-corrected chi connectivity index (χ2v) is 5.11. The van der Waals surface area contributed by atoms with E-state index in [1.54, 1.807) is 10.9 Å². The van der Waals surface area contributed by atoms with Crippen molar-refractivity contribution in [2.75, 3.05) is 6.61 Å². The zero-order valence-corrected chi connectivity index (χ0v) is 11.6. The van der Waals surface area contributed by atoms with Crippen LogP contribution in [0.15, 0.2) is 6.20 Å². The Labute approximate surface area is 112 Å². The Kier molecular flexibility index (Phi) is 4.40. The Morgan fingerprint density at radius 3 is 2.89 bits per heavy atom. The van der Waals surface area contributed by atoms with Crippen LogP contribution in [-0.2, 0) is 11.3 Å². The van der Waals surface area contributed by atoms with Crippen molar-refractivity contribution in [2.45, 2.75) is 45.8 Å². The molecule has 0 aliphatic heterocycles. The molecule has 0 bridgehead atoms. The topological polar surface area (TPSA) is 44.1 Å². The molecule has 1 aliphatic rings. The monoisotopic (exact) mass is 270 g/mol. The lowest BCUT2D eigenvalue weighted by Crippen LogP contribution is -2.33. The third-order valence-corrected chi connectivity index (χ3v) is 3.70. The van der Waals surface area contributed by atoms with Gasteiger partial charge >= 0.3 is 0 Å². The van der Waals surface area contributed by atoms with Gasteiger partial charge in [0.2, 0.25) is 0 Å². The molecule has 5 heteroatoms. The molecule has 1 aliphatic carbocycles. The summed E-state index contributed by atoms with van der Waals surface area (Å²) in [7, 11) is 0. The third kappa shape index (κ3) is 2.75. The van der Waals surface area contributed by atoms with Crippen LogP contribution in [0.25, 0.3) is 0 Å². The van der Waals surface area contributed by atoms with Gasteiger partial charge in [0.25, 0.3) is 0 Å². The fourth-order valence-electron chi connectivity index (χ4n) is 2.45. The maximum atomic E-state index is 12.2. The lowest BCUT2D eigenvalue weighted by molar-refractivity contribution is -0.0246. The van der Waals surface area contributed by atoms with Gasteiger partial charge in [0.05, 0.1) is 17.3 Å². The number of carbonyl (C=O) groups is 1. The van der Waals surface area contributed by atoms with Crippen molar-refractivity contribution in [2.24, 2.45) is 5.92 Å². The van der Waals surface area contributed by atoms with Crippen LogP contribution >= 0.6 is 11.6 Å². The summed E-state index contributed by atoms with van der Waals surface area (Å²) < 4.78 is 7.16. The zero-order chi connectivity index (χ0) is 13.1. The van der Waals surface area contributed by atoms with E-state index in [1.165, 1.54) is 0 Å². The van der Waals surface area contributed by atoms with E-state index in [1.807, 2.05) is 13.8 Å². The number of rotatable bonds is 6. The van der Waals surface area contributed by atoms with Crippen molar-refractivity contribution in [3.05, 3.63) is 16.9 Å². The molecule has 1 aromatic rings. The van der Waals surface area contributed by atoms with E-state index in [0.717, 1.165) is 19.4 Å². The Morgan fingerprint density at radius 1 is 1.56 bits per heavy atom. The first-order valence-electron chi connectivity index (χ1n) is 6.51. The van der Waals surface area contributed by atoms with Gasteiger partial charge in [-0.1, -0.05) is 11.6 Å². The summed E-state index contributed by atoms with van der Waals surface area (Å²) in [6, 6.07) is 0. The average Bonchev–Trinajstić information content (AvgIpc) is 2.67. The van der Waals surface area contributed by atoms with Gasteiger partial charge in [-0.15, -0.1) is 0 Å². The summed E-state index contributed by atoms with van der Waals surface area (Å²) >= 11 is 6.01. The second-order valence-electron chi connectivity index (χ2n) is 4.70. The standard InChI is InChI=1S/C13H19ClN2O2/c1-3-16-13(11(14)8-15-16)12(17)7-9-5-10(6-9)18-4-2/h8-10H,3-7H2,1-2H3. The molecule has 0 amide bonds. The van der Waals surface area contributed by atoms with Crippen LogP contribution < -0.4 is 0 Å². The van der Waals surface area contributed by atoms with E-state index in [-0.39, 0.29) is 5.78 Å². The third-order valence-electron chi connectivity index (χ3n) is 3.43. The van der Waals surface area contributed by atoms with Crippen molar-refractivity contribution in [3.63, 3.8) is 0 Å². The summed E-state index contributed by atoms with van der Waals surface area (Å²) in [5.74, 6) is 0.532. The first-order chi connectivity index (χ1) is 8.65. The van der Waals surface area contributed by atoms with Crippen molar-refractivity contribution in [3.8, 4) is 0 Å². The fourth-order valence-corrected chi connectivity index (χ4v) is 2.70. The summed E-state index contributed by atoms with van der Waals surface area (Å²) in [6.45, 7) is 5.37. The summed E-state index contributed by atoms with van der Waals surface area (Å²) in [5, 5.41) is 4.55. The average molecular weight is 271 g/mol. The molecular weight excluding hydrogens is 252 g/mol. The van der Waals surface area contributed by atoms with Gasteiger partial charge < -0.3 is 4.74 Å². The number of hydrogen-bond acceptors (Lipinski definition) is 3. The van der Waals surface area contributed by atoms with E-state index in [0.29, 0.717) is 35.7 Å². The summed E-state index contributed by atoms with van der Waals surface area (Å²) in [5.41, 5.74) is 0.555. The number of nitrogens with zero attached hydrogens (tertiary/aromatic N) is 2. The normalized spacial score (nSPS) is 22.8. The lowest BCUT2D eigenvalue weighted by atomic mass is 9.78. The van der Waals surface area contributed by atoms with E-state index < -0.39 is 0 Å². The molecule has 0 saturated heterocycles. The van der Waals surface area contributed by atoms with Crippen molar-refractivity contribution >= 4 is 17.4 Å². The van der Waals surface area contributed by atoms with E-state index >= 15 is 0 Å². The van der Waals surface area contributed by atoms with Crippen LogP contribution in [0.2, 0.25) is 5.02 Å². The number of hydrogen-bond donors (Lipinski definition) is 0. The predicted molar refractivity (Wildman–Crippen MR) is 70.0 cm³/mol. The van der Waals surface area contributed by atoms with Crippen LogP contribution in [0.3, 0.4) is 0 Å². The Hall–Kier alpha value is -0.870. The highest BCUT2D eigenvalue weighted by Crippen LogP contribution is 2.34. The Morgan fingerprint density at radius 2 is 2.28 bits per heavy atom. The van der Waals surface area contributed by atoms with Gasteiger partial charge in [-0.2, -0.15) is 5.10 Å². The molecule has 100 valence electrons. The van der Waals surface area contributed by atoms with Gasteiger partial charge in [0.15, 0.2) is 5.78 Å². The van der Waals surface area contributed by atoms with Gasteiger partial charge in [-0.3, -0.25) is 9.48 Å². The predicted octanol–water partition coefficient (Wildman–Crippen LogP) is 2.94. The van der Waals surface area contributed by atoms with Gasteiger partial charge in [0, 0.05) is 19.6 Å². The molecular formula is C13H19ClN2O2. The zero-order valence-electron chi connectivity index (χ0n) is 10.9. The minimum atomic E-state index is 0.0966. The number of ketones is 1. The maximum absolute atomic E-state index is 12.2. The number of Topliss-reactive ketones (excluding diaryl/α,β-unsaturated/α-hetero) is 1. The molecule has 0 radical (unpaired) electrons.